The molecule has 0 spiro atoms. The zero-order chi connectivity index (χ0) is 19.9. The topological polar surface area (TPSA) is 119 Å². The third-order valence-electron chi connectivity index (χ3n) is 4.52. The van der Waals surface area contributed by atoms with Crippen LogP contribution in [0.3, 0.4) is 0 Å². The monoisotopic (exact) mass is 513 g/mol. The number of primary amides is 1. The van der Waals surface area contributed by atoms with Crippen molar-refractivity contribution in [2.24, 2.45) is 10.7 Å². The maximum atomic E-state index is 10.8. The lowest BCUT2D eigenvalue weighted by Crippen LogP contribution is -2.46. The van der Waals surface area contributed by atoms with Crippen molar-refractivity contribution in [2.45, 2.75) is 45.3 Å². The molecule has 158 valence electrons. The minimum Gasteiger partial charge on any atom is -0.484 e. The Morgan fingerprint density at radius 1 is 1.45 bits per heavy atom. The average molecular weight is 513 g/mol. The number of carbonyl (C=O) groups is 1. The van der Waals surface area contributed by atoms with Gasteiger partial charge in [0.1, 0.15) is 11.6 Å². The fourth-order valence-electron chi connectivity index (χ4n) is 3.10. The van der Waals surface area contributed by atoms with Gasteiger partial charge in [0.2, 0.25) is 0 Å². The summed E-state index contributed by atoms with van der Waals surface area (Å²) in [6.07, 6.45) is 2.74. The number of hydrogen-bond donors (Lipinski definition) is 3. The first-order chi connectivity index (χ1) is 13.6. The molecular weight excluding hydrogens is 485 g/mol. The first-order valence-corrected chi connectivity index (χ1v) is 9.47. The summed E-state index contributed by atoms with van der Waals surface area (Å²) >= 11 is 0. The molecule has 0 saturated heterocycles. The summed E-state index contributed by atoms with van der Waals surface area (Å²) in [4.78, 5) is 19.7. The van der Waals surface area contributed by atoms with Crippen LogP contribution in [0.1, 0.15) is 30.6 Å². The van der Waals surface area contributed by atoms with Gasteiger partial charge in [0.15, 0.2) is 18.4 Å². The van der Waals surface area contributed by atoms with Crippen LogP contribution in [0.2, 0.25) is 0 Å². The molecule has 1 aromatic heterocycles. The van der Waals surface area contributed by atoms with Gasteiger partial charge in [-0.2, -0.15) is 5.10 Å². The van der Waals surface area contributed by atoms with Crippen LogP contribution in [0.15, 0.2) is 29.3 Å². The lowest BCUT2D eigenvalue weighted by atomic mass is 10.1. The van der Waals surface area contributed by atoms with Gasteiger partial charge in [-0.1, -0.05) is 19.1 Å². The lowest BCUT2D eigenvalue weighted by molar-refractivity contribution is -0.119. The number of aliphatic imine (C=N–C) groups is 1. The molecule has 2 heterocycles. The number of benzene rings is 1. The smallest absolute Gasteiger partial charge is 0.255 e. The second kappa shape index (κ2) is 11.0. The number of fused-ring (bicyclic) bond motifs is 1. The molecule has 1 unspecified atom stereocenters. The summed E-state index contributed by atoms with van der Waals surface area (Å²) in [5.41, 5.74) is 6.13. The van der Waals surface area contributed by atoms with Crippen LogP contribution in [0.5, 0.6) is 5.75 Å². The first-order valence-electron chi connectivity index (χ1n) is 9.47. The predicted molar refractivity (Wildman–Crippen MR) is 121 cm³/mol. The molecular formula is C19H28IN7O2. The summed E-state index contributed by atoms with van der Waals surface area (Å²) < 4.78 is 7.34. The third kappa shape index (κ3) is 6.58. The molecule has 0 saturated carbocycles. The van der Waals surface area contributed by atoms with Crippen LogP contribution >= 0.6 is 24.0 Å². The van der Waals surface area contributed by atoms with Crippen molar-refractivity contribution in [3.63, 3.8) is 0 Å². The zero-order valence-corrected chi connectivity index (χ0v) is 19.1. The van der Waals surface area contributed by atoms with Crippen LogP contribution in [-0.2, 0) is 30.7 Å². The number of nitrogens with one attached hydrogen (secondary N) is 2. The van der Waals surface area contributed by atoms with Gasteiger partial charge < -0.3 is 21.1 Å². The molecule has 2 aromatic rings. The standard InChI is InChI=1S/C19H27N7O2.HI/c1-3-17-24-18-8-7-14(11-26(18)25-17)23-19(21-2)22-10-13-5-4-6-15(9-13)28-12-16(20)27;/h4-6,9,14H,3,7-8,10-12H2,1-2H3,(H2,20,27)(H2,21,22,23);1H. The van der Waals surface area contributed by atoms with Gasteiger partial charge in [0.05, 0.1) is 6.54 Å². The number of aromatic nitrogens is 3. The predicted octanol–water partition coefficient (Wildman–Crippen LogP) is 1.00. The summed E-state index contributed by atoms with van der Waals surface area (Å²) in [7, 11) is 1.75. The maximum Gasteiger partial charge on any atom is 0.255 e. The van der Waals surface area contributed by atoms with Crippen molar-refractivity contribution in [1.82, 2.24) is 25.4 Å². The Bertz CT molecular complexity index is 853. The van der Waals surface area contributed by atoms with Crippen LogP contribution in [0.4, 0.5) is 0 Å². The molecule has 0 radical (unpaired) electrons. The Morgan fingerprint density at radius 3 is 3.00 bits per heavy atom. The number of aryl methyl sites for hydroxylation is 2. The van der Waals surface area contributed by atoms with Gasteiger partial charge >= 0.3 is 0 Å². The van der Waals surface area contributed by atoms with Crippen molar-refractivity contribution in [3.8, 4) is 5.75 Å². The Balaban J connectivity index is 0.00000300. The number of guanidine groups is 1. The summed E-state index contributed by atoms with van der Waals surface area (Å²) in [5, 5.41) is 11.3. The molecule has 1 aliphatic heterocycles. The third-order valence-corrected chi connectivity index (χ3v) is 4.52. The van der Waals surface area contributed by atoms with Crippen LogP contribution in [0.25, 0.3) is 0 Å². The Labute approximate surface area is 187 Å². The van der Waals surface area contributed by atoms with Crippen molar-refractivity contribution in [3.05, 3.63) is 41.5 Å². The number of hydrogen-bond acceptors (Lipinski definition) is 5. The van der Waals surface area contributed by atoms with E-state index in [0.29, 0.717) is 12.3 Å². The number of nitrogens with two attached hydrogens (primary N) is 1. The van der Waals surface area contributed by atoms with E-state index in [4.69, 9.17) is 10.5 Å². The molecule has 0 aliphatic carbocycles. The van der Waals surface area contributed by atoms with Gasteiger partial charge in [-0.05, 0) is 24.1 Å². The normalized spacial score (nSPS) is 15.8. The maximum absolute atomic E-state index is 10.8. The molecule has 29 heavy (non-hydrogen) atoms. The molecule has 1 aromatic carbocycles. The SMILES string of the molecule is CCc1nc2n(n1)CC(NC(=NC)NCc1cccc(OCC(N)=O)c1)CC2.I. The van der Waals surface area contributed by atoms with Crippen molar-refractivity contribution in [1.29, 1.82) is 0 Å². The first kappa shape index (κ1) is 22.9. The Kier molecular flexibility index (Phi) is 8.68. The van der Waals surface area contributed by atoms with E-state index in [1.54, 1.807) is 13.1 Å². The molecule has 0 bridgehead atoms. The van der Waals surface area contributed by atoms with Crippen molar-refractivity contribution < 1.29 is 9.53 Å². The highest BCUT2D eigenvalue weighted by molar-refractivity contribution is 14.0. The van der Waals surface area contributed by atoms with E-state index in [1.807, 2.05) is 22.9 Å². The summed E-state index contributed by atoms with van der Waals surface area (Å²) in [5.74, 6) is 2.80. The zero-order valence-electron chi connectivity index (χ0n) is 16.7. The summed E-state index contributed by atoms with van der Waals surface area (Å²) in [6, 6.07) is 7.77. The summed E-state index contributed by atoms with van der Waals surface area (Å²) in [6.45, 7) is 3.29. The number of ether oxygens (including phenoxy) is 1. The largest absolute Gasteiger partial charge is 0.484 e. The second-order valence-electron chi connectivity index (χ2n) is 6.69. The molecule has 9 nitrogen and oxygen atoms in total. The van der Waals surface area contributed by atoms with Gasteiger partial charge in [0.25, 0.3) is 5.91 Å². The molecule has 4 N–H and O–H groups in total. The number of rotatable bonds is 7. The molecule has 1 amide bonds. The van der Waals surface area contributed by atoms with E-state index in [2.05, 4.69) is 32.6 Å². The quantitative estimate of drug-likeness (QED) is 0.289. The fourth-order valence-corrected chi connectivity index (χ4v) is 3.10. The minimum absolute atomic E-state index is 0. The number of carbonyl (C=O) groups excluding carboxylic acids is 1. The molecule has 1 atom stereocenters. The van der Waals surface area contributed by atoms with E-state index in [9.17, 15) is 4.79 Å². The van der Waals surface area contributed by atoms with E-state index < -0.39 is 5.91 Å². The highest BCUT2D eigenvalue weighted by Gasteiger charge is 2.22. The molecule has 1 aliphatic rings. The van der Waals surface area contributed by atoms with Gasteiger partial charge in [-0.3, -0.25) is 9.79 Å². The number of amides is 1. The Hall–Kier alpha value is -2.37. The molecule has 10 heteroatoms. The van der Waals surface area contributed by atoms with Crippen LogP contribution < -0.4 is 21.1 Å². The second-order valence-corrected chi connectivity index (χ2v) is 6.69. The highest BCUT2D eigenvalue weighted by atomic mass is 127. The number of halogens is 1. The highest BCUT2D eigenvalue weighted by Crippen LogP contribution is 2.14. The van der Waals surface area contributed by atoms with E-state index >= 15 is 0 Å². The van der Waals surface area contributed by atoms with Gasteiger partial charge in [-0.15, -0.1) is 24.0 Å². The van der Waals surface area contributed by atoms with Gasteiger partial charge in [-0.25, -0.2) is 9.67 Å². The lowest BCUT2D eigenvalue weighted by Gasteiger charge is -2.25. The van der Waals surface area contributed by atoms with Crippen LogP contribution in [0, 0.1) is 0 Å². The fraction of sp³-hybridized carbons (Fsp3) is 0.474. The van der Waals surface area contributed by atoms with Crippen LogP contribution in [-0.4, -0.2) is 46.3 Å². The van der Waals surface area contributed by atoms with E-state index in [0.717, 1.165) is 49.0 Å². The number of nitrogens with zero attached hydrogens (tertiary/aromatic N) is 4. The van der Waals surface area contributed by atoms with Crippen molar-refractivity contribution >= 4 is 35.8 Å². The van der Waals surface area contributed by atoms with Gasteiger partial charge in [0, 0.05) is 32.5 Å². The molecule has 3 rings (SSSR count). The van der Waals surface area contributed by atoms with E-state index in [-0.39, 0.29) is 36.6 Å². The minimum atomic E-state index is -0.498. The average Bonchev–Trinajstić information content (AvgIpc) is 3.12. The van der Waals surface area contributed by atoms with E-state index in [1.165, 1.54) is 0 Å². The Morgan fingerprint density at radius 2 is 2.28 bits per heavy atom. The molecule has 0 fully saturated rings. The van der Waals surface area contributed by atoms with Crippen molar-refractivity contribution in [2.75, 3.05) is 13.7 Å².